The summed E-state index contributed by atoms with van der Waals surface area (Å²) in [6, 6.07) is 15.7. The highest BCUT2D eigenvalue weighted by atomic mass is 16.5. The number of carboxylic acids is 1. The molecule has 7 nitrogen and oxygen atoms in total. The van der Waals surface area contributed by atoms with E-state index >= 15 is 0 Å². The zero-order chi connectivity index (χ0) is 20.8. The monoisotopic (exact) mass is 396 g/mol. The third-order valence-electron chi connectivity index (χ3n) is 4.84. The van der Waals surface area contributed by atoms with Gasteiger partial charge in [0.25, 0.3) is 0 Å². The molecule has 1 aromatic heterocycles. The lowest BCUT2D eigenvalue weighted by molar-refractivity contribution is -0.148. The number of ether oxygens (including phenoxy) is 2. The van der Waals surface area contributed by atoms with Crippen LogP contribution in [0.5, 0.6) is 5.75 Å². The molecule has 0 aliphatic rings. The molecule has 0 bridgehead atoms. The van der Waals surface area contributed by atoms with Crippen molar-refractivity contribution >= 4 is 22.8 Å². The second-order valence-corrected chi connectivity index (χ2v) is 6.62. The molecular weight excluding hydrogens is 372 g/mol. The average Bonchev–Trinajstić information content (AvgIpc) is 3.11. The van der Waals surface area contributed by atoms with Crippen LogP contribution in [-0.4, -0.2) is 48.8 Å². The zero-order valence-electron chi connectivity index (χ0n) is 16.4. The maximum absolute atomic E-state index is 12.3. The predicted molar refractivity (Wildman–Crippen MR) is 110 cm³/mol. The van der Waals surface area contributed by atoms with Crippen LogP contribution >= 0.6 is 0 Å². The highest BCUT2D eigenvalue weighted by Gasteiger charge is 2.18. The van der Waals surface area contributed by atoms with Crippen LogP contribution in [0.3, 0.4) is 0 Å². The number of carboxylic acid groups (broad SMARTS) is 1. The minimum absolute atomic E-state index is 0.0656. The summed E-state index contributed by atoms with van der Waals surface area (Å²) in [5, 5.41) is 12.7. The molecule has 1 heterocycles. The van der Waals surface area contributed by atoms with Crippen LogP contribution in [0.1, 0.15) is 12.0 Å². The number of rotatable bonds is 9. The summed E-state index contributed by atoms with van der Waals surface area (Å²) in [6.45, 7) is -0.0656. The van der Waals surface area contributed by atoms with Crippen molar-refractivity contribution in [1.29, 1.82) is 0 Å². The van der Waals surface area contributed by atoms with E-state index in [-0.39, 0.29) is 18.9 Å². The number of H-pyrrole nitrogens is 1. The average molecular weight is 396 g/mol. The number of hydrogen-bond acceptors (Lipinski definition) is 4. The Morgan fingerprint density at radius 2 is 1.83 bits per heavy atom. The fourth-order valence-corrected chi connectivity index (χ4v) is 3.27. The molecule has 2 aromatic carbocycles. The van der Waals surface area contributed by atoms with Crippen LogP contribution < -0.4 is 10.1 Å². The van der Waals surface area contributed by atoms with Gasteiger partial charge < -0.3 is 24.9 Å². The summed E-state index contributed by atoms with van der Waals surface area (Å²) in [6.07, 6.45) is -0.301. The van der Waals surface area contributed by atoms with Crippen molar-refractivity contribution in [2.24, 2.45) is 0 Å². The molecule has 0 saturated heterocycles. The summed E-state index contributed by atoms with van der Waals surface area (Å²) >= 11 is 0. The van der Waals surface area contributed by atoms with Crippen molar-refractivity contribution in [3.8, 4) is 17.0 Å². The molecule has 0 aliphatic carbocycles. The van der Waals surface area contributed by atoms with Gasteiger partial charge >= 0.3 is 5.97 Å². The van der Waals surface area contributed by atoms with E-state index in [4.69, 9.17) is 14.6 Å². The highest BCUT2D eigenvalue weighted by molar-refractivity contribution is 5.91. The molecule has 7 heteroatoms. The number of amides is 1. The molecule has 1 unspecified atom stereocenters. The standard InChI is InChI=1S/C22H24N2O5/c1-28-15-9-7-14(8-10-15)21-17(16-5-3-4-6-18(16)24-21)11-12-20(25)23-13-19(29-2)22(26)27/h3-10,19,24H,11-13H2,1-2H3,(H,23,25)(H,26,27). The second-order valence-electron chi connectivity index (χ2n) is 6.62. The Morgan fingerprint density at radius 1 is 1.10 bits per heavy atom. The number of methoxy groups -OCH3 is 2. The van der Waals surface area contributed by atoms with Crippen LogP contribution in [0.4, 0.5) is 0 Å². The fraction of sp³-hybridized carbons (Fsp3) is 0.273. The summed E-state index contributed by atoms with van der Waals surface area (Å²) in [5.41, 5.74) is 4.01. The molecule has 0 radical (unpaired) electrons. The quantitative estimate of drug-likeness (QED) is 0.516. The number of para-hydroxylation sites is 1. The smallest absolute Gasteiger partial charge is 0.334 e. The maximum atomic E-state index is 12.3. The molecule has 152 valence electrons. The van der Waals surface area contributed by atoms with E-state index in [0.717, 1.165) is 33.5 Å². The first-order chi connectivity index (χ1) is 14.0. The van der Waals surface area contributed by atoms with Crippen LogP contribution in [0.15, 0.2) is 48.5 Å². The third-order valence-corrected chi connectivity index (χ3v) is 4.84. The lowest BCUT2D eigenvalue weighted by Gasteiger charge is -2.12. The molecule has 3 aromatic rings. The third kappa shape index (κ3) is 4.75. The van der Waals surface area contributed by atoms with Gasteiger partial charge in [-0.15, -0.1) is 0 Å². The molecular formula is C22H24N2O5. The zero-order valence-corrected chi connectivity index (χ0v) is 16.4. The van der Waals surface area contributed by atoms with Gasteiger partial charge in [0.15, 0.2) is 6.10 Å². The number of nitrogens with one attached hydrogen (secondary N) is 2. The van der Waals surface area contributed by atoms with E-state index in [0.29, 0.717) is 6.42 Å². The van der Waals surface area contributed by atoms with E-state index in [2.05, 4.69) is 10.3 Å². The minimum Gasteiger partial charge on any atom is -0.497 e. The van der Waals surface area contributed by atoms with Gasteiger partial charge in [-0.25, -0.2) is 4.79 Å². The molecule has 1 atom stereocenters. The predicted octanol–water partition coefficient (Wildman–Crippen LogP) is 2.99. The maximum Gasteiger partial charge on any atom is 0.334 e. The summed E-state index contributed by atoms with van der Waals surface area (Å²) in [5.74, 6) is -0.553. The molecule has 1 amide bonds. The Kier molecular flexibility index (Phi) is 6.51. The Hall–Kier alpha value is -3.32. The first-order valence-corrected chi connectivity index (χ1v) is 9.29. The van der Waals surface area contributed by atoms with Crippen molar-refractivity contribution in [3.63, 3.8) is 0 Å². The summed E-state index contributed by atoms with van der Waals surface area (Å²) in [4.78, 5) is 26.7. The van der Waals surface area contributed by atoms with Crippen LogP contribution in [0, 0.1) is 0 Å². The second kappa shape index (κ2) is 9.25. The number of aromatic amines is 1. The van der Waals surface area contributed by atoms with Gasteiger partial charge in [0.05, 0.1) is 13.7 Å². The Labute approximate surface area is 168 Å². The van der Waals surface area contributed by atoms with E-state index < -0.39 is 12.1 Å². The van der Waals surface area contributed by atoms with Gasteiger partial charge in [0, 0.05) is 30.1 Å². The van der Waals surface area contributed by atoms with Gasteiger partial charge in [0.2, 0.25) is 5.91 Å². The molecule has 3 N–H and O–H groups in total. The minimum atomic E-state index is -1.11. The number of aryl methyl sites for hydroxylation is 1. The van der Waals surface area contributed by atoms with Gasteiger partial charge in [-0.1, -0.05) is 18.2 Å². The fourth-order valence-electron chi connectivity index (χ4n) is 3.27. The van der Waals surface area contributed by atoms with Gasteiger partial charge in [-0.05, 0) is 47.9 Å². The topological polar surface area (TPSA) is 101 Å². The van der Waals surface area contributed by atoms with Gasteiger partial charge in [-0.3, -0.25) is 4.79 Å². The Balaban J connectivity index is 1.79. The largest absolute Gasteiger partial charge is 0.497 e. The number of benzene rings is 2. The normalized spacial score (nSPS) is 11.9. The number of aromatic nitrogens is 1. The number of carbonyl (C=O) groups excluding carboxylic acids is 1. The van der Waals surface area contributed by atoms with Crippen LogP contribution in [0.2, 0.25) is 0 Å². The SMILES string of the molecule is COc1ccc(-c2[nH]c3ccccc3c2CCC(=O)NCC(OC)C(=O)O)cc1. The lowest BCUT2D eigenvalue weighted by atomic mass is 10.0. The Bertz CT molecular complexity index is 994. The van der Waals surface area contributed by atoms with Gasteiger partial charge in [0.1, 0.15) is 5.75 Å². The number of hydrogen-bond donors (Lipinski definition) is 3. The Morgan fingerprint density at radius 3 is 2.48 bits per heavy atom. The molecule has 3 rings (SSSR count). The molecule has 0 aliphatic heterocycles. The number of aliphatic carboxylic acids is 1. The number of carbonyl (C=O) groups is 2. The molecule has 0 spiro atoms. The van der Waals surface area contributed by atoms with Gasteiger partial charge in [-0.2, -0.15) is 0 Å². The summed E-state index contributed by atoms with van der Waals surface area (Å²) < 4.78 is 10.1. The van der Waals surface area contributed by atoms with E-state index in [9.17, 15) is 9.59 Å². The van der Waals surface area contributed by atoms with Crippen molar-refractivity contribution in [2.45, 2.75) is 18.9 Å². The van der Waals surface area contributed by atoms with E-state index in [1.807, 2.05) is 48.5 Å². The molecule has 29 heavy (non-hydrogen) atoms. The summed E-state index contributed by atoms with van der Waals surface area (Å²) in [7, 11) is 2.93. The van der Waals surface area contributed by atoms with Crippen LogP contribution in [-0.2, 0) is 20.7 Å². The van der Waals surface area contributed by atoms with Crippen LogP contribution in [0.25, 0.3) is 22.2 Å². The number of fused-ring (bicyclic) bond motifs is 1. The van der Waals surface area contributed by atoms with E-state index in [1.165, 1.54) is 7.11 Å². The first kappa shape index (κ1) is 20.4. The lowest BCUT2D eigenvalue weighted by Crippen LogP contribution is -2.37. The molecule has 0 fully saturated rings. The van der Waals surface area contributed by atoms with Crippen molar-refractivity contribution in [1.82, 2.24) is 10.3 Å². The van der Waals surface area contributed by atoms with Crippen molar-refractivity contribution in [2.75, 3.05) is 20.8 Å². The van der Waals surface area contributed by atoms with Crippen molar-refractivity contribution in [3.05, 3.63) is 54.1 Å². The van der Waals surface area contributed by atoms with Crippen molar-refractivity contribution < 1.29 is 24.2 Å². The molecule has 0 saturated carbocycles. The first-order valence-electron chi connectivity index (χ1n) is 9.29. The highest BCUT2D eigenvalue weighted by Crippen LogP contribution is 2.32. The van der Waals surface area contributed by atoms with E-state index in [1.54, 1.807) is 7.11 Å².